The molecule has 1 aromatic heterocycles. The first-order chi connectivity index (χ1) is 15.4. The standard InChI is InChI=1S/C25H27N3O4/c1-16-23(17(2)32-27-16)15-28-14-13-21(9-12-24(28)30)26-25(31)20-5-3-18(4-6-20)19-7-10-22(29)11-8-19/h3-8,10-11,21,29H,9,12-15H2,1-2H3,(H,26,31). The maximum absolute atomic E-state index is 12.8. The van der Waals surface area contributed by atoms with Crippen LogP contribution in [0.3, 0.4) is 0 Å². The highest BCUT2D eigenvalue weighted by molar-refractivity contribution is 5.95. The van der Waals surface area contributed by atoms with E-state index in [-0.39, 0.29) is 23.6 Å². The molecule has 1 aliphatic rings. The third-order valence-electron chi connectivity index (χ3n) is 6.02. The van der Waals surface area contributed by atoms with Gasteiger partial charge in [-0.05, 0) is 62.1 Å². The number of nitrogens with one attached hydrogen (secondary N) is 1. The Morgan fingerprint density at radius 3 is 2.38 bits per heavy atom. The second-order valence-electron chi connectivity index (χ2n) is 8.24. The topological polar surface area (TPSA) is 95.7 Å². The van der Waals surface area contributed by atoms with E-state index in [4.69, 9.17) is 4.52 Å². The maximum Gasteiger partial charge on any atom is 0.251 e. The summed E-state index contributed by atoms with van der Waals surface area (Å²) in [5, 5.41) is 16.5. The van der Waals surface area contributed by atoms with Crippen LogP contribution in [0, 0.1) is 13.8 Å². The van der Waals surface area contributed by atoms with Crippen molar-refractivity contribution in [2.24, 2.45) is 0 Å². The van der Waals surface area contributed by atoms with Gasteiger partial charge >= 0.3 is 0 Å². The minimum atomic E-state index is -0.140. The van der Waals surface area contributed by atoms with E-state index in [2.05, 4.69) is 10.5 Å². The van der Waals surface area contributed by atoms with Crippen LogP contribution in [0.25, 0.3) is 11.1 Å². The van der Waals surface area contributed by atoms with E-state index in [1.165, 1.54) is 0 Å². The molecule has 1 atom stereocenters. The lowest BCUT2D eigenvalue weighted by Gasteiger charge is -2.21. The molecule has 1 fully saturated rings. The van der Waals surface area contributed by atoms with Gasteiger partial charge in [0.05, 0.1) is 12.2 Å². The lowest BCUT2D eigenvalue weighted by atomic mass is 10.0. The maximum atomic E-state index is 12.8. The number of aromatic nitrogens is 1. The molecule has 166 valence electrons. The molecule has 3 aromatic rings. The van der Waals surface area contributed by atoms with Gasteiger partial charge < -0.3 is 19.8 Å². The molecule has 2 N–H and O–H groups in total. The largest absolute Gasteiger partial charge is 0.508 e. The lowest BCUT2D eigenvalue weighted by molar-refractivity contribution is -0.131. The van der Waals surface area contributed by atoms with Gasteiger partial charge in [-0.3, -0.25) is 9.59 Å². The van der Waals surface area contributed by atoms with Crippen LogP contribution in [-0.2, 0) is 11.3 Å². The van der Waals surface area contributed by atoms with Gasteiger partial charge in [0.15, 0.2) is 0 Å². The highest BCUT2D eigenvalue weighted by atomic mass is 16.5. The van der Waals surface area contributed by atoms with E-state index >= 15 is 0 Å². The normalized spacial score (nSPS) is 16.6. The highest BCUT2D eigenvalue weighted by Crippen LogP contribution is 2.23. The molecule has 7 heteroatoms. The Labute approximate surface area is 187 Å². The Bertz CT molecular complexity index is 1080. The predicted octanol–water partition coefficient (Wildman–Crippen LogP) is 3.98. The summed E-state index contributed by atoms with van der Waals surface area (Å²) in [6, 6.07) is 14.3. The van der Waals surface area contributed by atoms with Crippen molar-refractivity contribution in [3.8, 4) is 16.9 Å². The number of amides is 2. The van der Waals surface area contributed by atoms with Crippen LogP contribution >= 0.6 is 0 Å². The first kappa shape index (κ1) is 21.6. The average Bonchev–Trinajstić information content (AvgIpc) is 3.00. The molecule has 2 amide bonds. The van der Waals surface area contributed by atoms with E-state index in [1.807, 2.05) is 43.0 Å². The van der Waals surface area contributed by atoms with Crippen LogP contribution in [0.15, 0.2) is 53.1 Å². The SMILES string of the molecule is Cc1noc(C)c1CN1CCC(NC(=O)c2ccc(-c3ccc(O)cc3)cc2)CCC1=O. The molecule has 1 saturated heterocycles. The van der Waals surface area contributed by atoms with Crippen LogP contribution < -0.4 is 5.32 Å². The molecule has 0 saturated carbocycles. The van der Waals surface area contributed by atoms with Gasteiger partial charge in [0, 0.05) is 30.1 Å². The summed E-state index contributed by atoms with van der Waals surface area (Å²) in [6.07, 6.45) is 1.72. The molecule has 0 spiro atoms. The van der Waals surface area contributed by atoms with Gasteiger partial charge in [0.1, 0.15) is 11.5 Å². The van der Waals surface area contributed by atoms with Crippen molar-refractivity contribution < 1.29 is 19.2 Å². The van der Waals surface area contributed by atoms with E-state index in [0.29, 0.717) is 37.9 Å². The first-order valence-electron chi connectivity index (χ1n) is 10.8. The third-order valence-corrected chi connectivity index (χ3v) is 6.02. The van der Waals surface area contributed by atoms with Gasteiger partial charge in [0.25, 0.3) is 5.91 Å². The summed E-state index contributed by atoms with van der Waals surface area (Å²) < 4.78 is 5.21. The van der Waals surface area contributed by atoms with Crippen molar-refractivity contribution in [2.45, 2.75) is 45.7 Å². The number of phenolic OH excluding ortho intramolecular Hbond substituents is 1. The first-order valence-corrected chi connectivity index (χ1v) is 10.8. The monoisotopic (exact) mass is 433 g/mol. The number of rotatable bonds is 5. The molecule has 0 bridgehead atoms. The van der Waals surface area contributed by atoms with E-state index in [0.717, 1.165) is 28.1 Å². The molecule has 1 aliphatic heterocycles. The predicted molar refractivity (Wildman–Crippen MR) is 120 cm³/mol. The van der Waals surface area contributed by atoms with Crippen LogP contribution in [-0.4, -0.2) is 39.6 Å². The smallest absolute Gasteiger partial charge is 0.251 e. The number of phenols is 1. The summed E-state index contributed by atoms with van der Waals surface area (Å²) in [5.41, 5.74) is 4.28. The van der Waals surface area contributed by atoms with Gasteiger partial charge in [-0.1, -0.05) is 29.4 Å². The number of nitrogens with zero attached hydrogens (tertiary/aromatic N) is 2. The molecule has 0 radical (unpaired) electrons. The Kier molecular flexibility index (Phi) is 6.25. The van der Waals surface area contributed by atoms with Gasteiger partial charge in [0.2, 0.25) is 5.91 Å². The Hall–Kier alpha value is -3.61. The molecule has 1 unspecified atom stereocenters. The molecule has 2 heterocycles. The van der Waals surface area contributed by atoms with Crippen molar-refractivity contribution in [3.63, 3.8) is 0 Å². The number of aromatic hydroxyl groups is 1. The number of hydrogen-bond acceptors (Lipinski definition) is 5. The Balaban J connectivity index is 1.36. The van der Waals surface area contributed by atoms with Gasteiger partial charge in [-0.25, -0.2) is 0 Å². The van der Waals surface area contributed by atoms with Crippen molar-refractivity contribution in [3.05, 3.63) is 71.1 Å². The summed E-state index contributed by atoms with van der Waals surface area (Å²) in [7, 11) is 0. The van der Waals surface area contributed by atoms with Gasteiger partial charge in [-0.2, -0.15) is 0 Å². The third kappa shape index (κ3) is 4.82. The minimum Gasteiger partial charge on any atom is -0.508 e. The van der Waals surface area contributed by atoms with Crippen LogP contribution in [0.2, 0.25) is 0 Å². The quantitative estimate of drug-likeness (QED) is 0.635. The highest BCUT2D eigenvalue weighted by Gasteiger charge is 2.25. The Morgan fingerprint density at radius 1 is 1.09 bits per heavy atom. The van der Waals surface area contributed by atoms with Crippen LogP contribution in [0.1, 0.15) is 46.6 Å². The zero-order valence-corrected chi connectivity index (χ0v) is 18.3. The fourth-order valence-electron chi connectivity index (χ4n) is 4.00. The fraction of sp³-hybridized carbons (Fsp3) is 0.320. The van der Waals surface area contributed by atoms with E-state index in [1.54, 1.807) is 24.3 Å². The van der Waals surface area contributed by atoms with E-state index in [9.17, 15) is 14.7 Å². The molecule has 7 nitrogen and oxygen atoms in total. The molecule has 32 heavy (non-hydrogen) atoms. The number of likely N-dealkylation sites (tertiary alicyclic amines) is 1. The Morgan fingerprint density at radius 2 is 1.75 bits per heavy atom. The van der Waals surface area contributed by atoms with Crippen molar-refractivity contribution in [1.82, 2.24) is 15.4 Å². The number of carbonyl (C=O) groups excluding carboxylic acids is 2. The lowest BCUT2D eigenvalue weighted by Crippen LogP contribution is -2.36. The average molecular weight is 434 g/mol. The fourth-order valence-corrected chi connectivity index (χ4v) is 4.00. The zero-order chi connectivity index (χ0) is 22.7. The minimum absolute atomic E-state index is 0.0575. The van der Waals surface area contributed by atoms with Crippen LogP contribution in [0.4, 0.5) is 0 Å². The number of carbonyl (C=O) groups is 2. The number of benzene rings is 2. The zero-order valence-electron chi connectivity index (χ0n) is 18.3. The van der Waals surface area contributed by atoms with Crippen molar-refractivity contribution >= 4 is 11.8 Å². The van der Waals surface area contributed by atoms with Gasteiger partial charge in [-0.15, -0.1) is 0 Å². The van der Waals surface area contributed by atoms with Crippen molar-refractivity contribution in [1.29, 1.82) is 0 Å². The molecular formula is C25H27N3O4. The molecule has 2 aromatic carbocycles. The van der Waals surface area contributed by atoms with Crippen LogP contribution in [0.5, 0.6) is 5.75 Å². The molecule has 0 aliphatic carbocycles. The second kappa shape index (κ2) is 9.26. The number of aryl methyl sites for hydroxylation is 2. The van der Waals surface area contributed by atoms with Crippen molar-refractivity contribution in [2.75, 3.05) is 6.54 Å². The summed E-state index contributed by atoms with van der Waals surface area (Å²) in [4.78, 5) is 27.2. The molecule has 4 rings (SSSR count). The summed E-state index contributed by atoms with van der Waals surface area (Å²) >= 11 is 0. The number of hydrogen-bond donors (Lipinski definition) is 2. The summed E-state index contributed by atoms with van der Waals surface area (Å²) in [5.74, 6) is 0.899. The van der Waals surface area contributed by atoms with E-state index < -0.39 is 0 Å². The second-order valence-corrected chi connectivity index (χ2v) is 8.24. The summed E-state index contributed by atoms with van der Waals surface area (Å²) in [6.45, 7) is 4.80. The molecular weight excluding hydrogens is 406 g/mol.